The number of carbonyl (C=O) groups excluding carboxylic acids is 1. The van der Waals surface area contributed by atoms with Crippen LogP contribution < -0.4 is 5.32 Å². The number of tetrazole rings is 1. The van der Waals surface area contributed by atoms with Gasteiger partial charge in [-0.1, -0.05) is 6.92 Å². The molecule has 10 heteroatoms. The molecule has 2 aromatic heterocycles. The number of imidazole rings is 1. The molecule has 1 amide bonds. The number of carbonyl (C=O) groups is 1. The fourth-order valence-electron chi connectivity index (χ4n) is 3.37. The summed E-state index contributed by atoms with van der Waals surface area (Å²) in [6.07, 6.45) is 2.34. The second kappa shape index (κ2) is 8.01. The van der Waals surface area contributed by atoms with Gasteiger partial charge in [-0.2, -0.15) is 0 Å². The molecule has 0 saturated carbocycles. The SMILES string of the molecule is CC1CCN(Cc2nnnn2CC(=O)NCc2nc3ccc(F)cc3[nH]2)CC1. The van der Waals surface area contributed by atoms with Crippen LogP contribution in [0.1, 0.15) is 31.4 Å². The highest BCUT2D eigenvalue weighted by atomic mass is 19.1. The number of nitrogens with one attached hydrogen (secondary N) is 2. The van der Waals surface area contributed by atoms with Crippen LogP contribution in [0.3, 0.4) is 0 Å². The van der Waals surface area contributed by atoms with Gasteiger partial charge >= 0.3 is 0 Å². The molecule has 3 aromatic rings. The molecule has 0 bridgehead atoms. The molecule has 1 aliphatic rings. The van der Waals surface area contributed by atoms with E-state index >= 15 is 0 Å². The minimum Gasteiger partial charge on any atom is -0.347 e. The Morgan fingerprint density at radius 1 is 1.36 bits per heavy atom. The predicted molar refractivity (Wildman–Crippen MR) is 99.4 cm³/mol. The van der Waals surface area contributed by atoms with Crippen molar-refractivity contribution in [2.45, 2.75) is 39.4 Å². The number of rotatable bonds is 6. The molecule has 0 radical (unpaired) electrons. The summed E-state index contributed by atoms with van der Waals surface area (Å²) >= 11 is 0. The van der Waals surface area contributed by atoms with Gasteiger partial charge < -0.3 is 10.3 Å². The molecular formula is C18H23FN8O. The number of H-pyrrole nitrogens is 1. The predicted octanol–water partition coefficient (Wildman–Crippen LogP) is 1.24. The van der Waals surface area contributed by atoms with Gasteiger partial charge in [0.15, 0.2) is 5.82 Å². The highest BCUT2D eigenvalue weighted by Crippen LogP contribution is 2.17. The Kier molecular flexibility index (Phi) is 5.29. The molecule has 2 N–H and O–H groups in total. The third-order valence-electron chi connectivity index (χ3n) is 5.09. The Labute approximate surface area is 161 Å². The standard InChI is InChI=1S/C18H23FN8O/c1-12-4-6-26(7-5-12)10-17-23-24-25-27(17)11-18(28)20-9-16-21-14-3-2-13(19)8-15(14)22-16/h2-3,8,12H,4-7,9-11H2,1H3,(H,20,28)(H,21,22). The Hall–Kier alpha value is -2.88. The molecular weight excluding hydrogens is 363 g/mol. The first kappa shape index (κ1) is 18.5. The summed E-state index contributed by atoms with van der Waals surface area (Å²) in [6, 6.07) is 4.33. The van der Waals surface area contributed by atoms with E-state index in [1.807, 2.05) is 0 Å². The zero-order chi connectivity index (χ0) is 19.5. The van der Waals surface area contributed by atoms with Crippen LogP contribution in [0.4, 0.5) is 4.39 Å². The van der Waals surface area contributed by atoms with Gasteiger partial charge in [0.25, 0.3) is 0 Å². The molecule has 3 heterocycles. The van der Waals surface area contributed by atoms with Crippen LogP contribution in [-0.2, 0) is 24.4 Å². The van der Waals surface area contributed by atoms with Crippen LogP contribution in [0, 0.1) is 11.7 Å². The van der Waals surface area contributed by atoms with E-state index in [0.717, 1.165) is 19.0 Å². The van der Waals surface area contributed by atoms with Crippen LogP contribution in [0.5, 0.6) is 0 Å². The number of aromatic amines is 1. The highest BCUT2D eigenvalue weighted by Gasteiger charge is 2.19. The molecule has 0 atom stereocenters. The molecule has 148 valence electrons. The highest BCUT2D eigenvalue weighted by molar-refractivity contribution is 5.76. The maximum absolute atomic E-state index is 13.3. The third kappa shape index (κ3) is 4.33. The Morgan fingerprint density at radius 3 is 3.00 bits per heavy atom. The van der Waals surface area contributed by atoms with E-state index < -0.39 is 0 Å². The molecule has 0 spiro atoms. The van der Waals surface area contributed by atoms with Gasteiger partial charge in [0.2, 0.25) is 5.91 Å². The number of likely N-dealkylation sites (tertiary alicyclic amines) is 1. The number of nitrogens with zero attached hydrogens (tertiary/aromatic N) is 6. The maximum atomic E-state index is 13.3. The third-order valence-corrected chi connectivity index (χ3v) is 5.09. The van der Waals surface area contributed by atoms with Crippen LogP contribution in [-0.4, -0.2) is 54.1 Å². The van der Waals surface area contributed by atoms with Crippen LogP contribution in [0.2, 0.25) is 0 Å². The summed E-state index contributed by atoms with van der Waals surface area (Å²) in [6.45, 7) is 5.21. The van der Waals surface area contributed by atoms with Crippen LogP contribution in [0.25, 0.3) is 11.0 Å². The van der Waals surface area contributed by atoms with Crippen molar-refractivity contribution in [3.8, 4) is 0 Å². The molecule has 9 nitrogen and oxygen atoms in total. The molecule has 1 saturated heterocycles. The first-order valence-corrected chi connectivity index (χ1v) is 9.45. The van der Waals surface area contributed by atoms with E-state index in [1.165, 1.54) is 29.7 Å². The lowest BCUT2D eigenvalue weighted by molar-refractivity contribution is -0.122. The quantitative estimate of drug-likeness (QED) is 0.660. The first-order valence-electron chi connectivity index (χ1n) is 9.45. The average Bonchev–Trinajstić information content (AvgIpc) is 3.28. The second-order valence-corrected chi connectivity index (χ2v) is 7.33. The minimum absolute atomic E-state index is 0.0431. The molecule has 1 aliphatic heterocycles. The number of aromatic nitrogens is 6. The molecule has 1 fully saturated rings. The second-order valence-electron chi connectivity index (χ2n) is 7.33. The summed E-state index contributed by atoms with van der Waals surface area (Å²) in [5.41, 5.74) is 1.26. The number of halogens is 1. The van der Waals surface area contributed by atoms with Gasteiger partial charge in [-0.15, -0.1) is 5.10 Å². The zero-order valence-electron chi connectivity index (χ0n) is 15.7. The molecule has 4 rings (SSSR count). The minimum atomic E-state index is -0.332. The normalized spacial score (nSPS) is 15.9. The van der Waals surface area contributed by atoms with E-state index in [0.29, 0.717) is 29.2 Å². The topological polar surface area (TPSA) is 105 Å². The van der Waals surface area contributed by atoms with Gasteiger partial charge in [0.05, 0.1) is 24.1 Å². The number of amides is 1. The van der Waals surface area contributed by atoms with Crippen molar-refractivity contribution in [1.29, 1.82) is 0 Å². The molecule has 0 unspecified atom stereocenters. The molecule has 1 aromatic carbocycles. The number of benzene rings is 1. The Balaban J connectivity index is 1.32. The van der Waals surface area contributed by atoms with Crippen molar-refractivity contribution in [1.82, 2.24) is 40.4 Å². The molecule has 0 aliphatic carbocycles. The van der Waals surface area contributed by atoms with E-state index in [4.69, 9.17) is 0 Å². The van der Waals surface area contributed by atoms with Crippen LogP contribution >= 0.6 is 0 Å². The number of piperidine rings is 1. The van der Waals surface area contributed by atoms with Crippen molar-refractivity contribution >= 4 is 16.9 Å². The summed E-state index contributed by atoms with van der Waals surface area (Å²) in [5.74, 6) is 1.46. The Bertz CT molecular complexity index is 960. The first-order chi connectivity index (χ1) is 13.6. The lowest BCUT2D eigenvalue weighted by Crippen LogP contribution is -2.34. The van der Waals surface area contributed by atoms with Crippen molar-refractivity contribution in [3.63, 3.8) is 0 Å². The fourth-order valence-corrected chi connectivity index (χ4v) is 3.37. The number of hydrogen-bond acceptors (Lipinski definition) is 6. The van der Waals surface area contributed by atoms with Gasteiger partial charge in [0.1, 0.15) is 18.2 Å². The summed E-state index contributed by atoms with van der Waals surface area (Å²) in [5, 5.41) is 14.5. The fraction of sp³-hybridized carbons (Fsp3) is 0.500. The molecule has 28 heavy (non-hydrogen) atoms. The average molecular weight is 386 g/mol. The lowest BCUT2D eigenvalue weighted by atomic mass is 9.99. The van der Waals surface area contributed by atoms with Crippen molar-refractivity contribution in [2.75, 3.05) is 13.1 Å². The van der Waals surface area contributed by atoms with Crippen molar-refractivity contribution in [2.24, 2.45) is 5.92 Å². The summed E-state index contributed by atoms with van der Waals surface area (Å²) in [7, 11) is 0. The maximum Gasteiger partial charge on any atom is 0.242 e. The van der Waals surface area contributed by atoms with Crippen molar-refractivity contribution in [3.05, 3.63) is 35.7 Å². The summed E-state index contributed by atoms with van der Waals surface area (Å²) < 4.78 is 14.8. The van der Waals surface area contributed by atoms with Crippen LogP contribution in [0.15, 0.2) is 18.2 Å². The van der Waals surface area contributed by atoms with Gasteiger partial charge in [-0.25, -0.2) is 14.1 Å². The monoisotopic (exact) mass is 386 g/mol. The number of hydrogen-bond donors (Lipinski definition) is 2. The smallest absolute Gasteiger partial charge is 0.242 e. The van der Waals surface area contributed by atoms with Gasteiger partial charge in [-0.3, -0.25) is 9.69 Å². The largest absolute Gasteiger partial charge is 0.347 e. The van der Waals surface area contributed by atoms with Gasteiger partial charge in [-0.05, 0) is 60.5 Å². The van der Waals surface area contributed by atoms with Crippen molar-refractivity contribution < 1.29 is 9.18 Å². The summed E-state index contributed by atoms with van der Waals surface area (Å²) in [4.78, 5) is 21.9. The Morgan fingerprint density at radius 2 is 2.18 bits per heavy atom. The van der Waals surface area contributed by atoms with Gasteiger partial charge in [0, 0.05) is 0 Å². The lowest BCUT2D eigenvalue weighted by Gasteiger charge is -2.29. The van der Waals surface area contributed by atoms with E-state index in [9.17, 15) is 9.18 Å². The number of fused-ring (bicyclic) bond motifs is 1. The zero-order valence-corrected chi connectivity index (χ0v) is 15.7. The van der Waals surface area contributed by atoms with E-state index in [1.54, 1.807) is 6.07 Å². The van der Waals surface area contributed by atoms with E-state index in [-0.39, 0.29) is 24.8 Å². The van der Waals surface area contributed by atoms with E-state index in [2.05, 4.69) is 42.6 Å².